The molecule has 28 aromatic carbocycles. The van der Waals surface area contributed by atoms with Crippen molar-refractivity contribution in [1.29, 1.82) is 0 Å². The maximum atomic E-state index is 16.9. The molecule has 1 saturated heterocycles. The predicted octanol–water partition coefficient (Wildman–Crippen LogP) is 17.1. The van der Waals surface area contributed by atoms with Crippen LogP contribution in [-0.2, 0) is 21.6 Å². The third kappa shape index (κ3) is 1.19. The standard InChI is InChI=1S/C66H8OS/c1-63-3-4-64(2,68(63)67)66-61-53-45-35-25-17-9-6-5-7-11-13(9)21-27-19(11)29-23-15(7)16-8(5)12-14-10(6)18(17)26-32-22(14)28-20(12)30-24(16)34-33(23)43-37(29)47-41(27)49(39(45)31(21)25)57(61)55(47)59-51(43)52-44(34)38(30)48-42(28)50-40(32)46(36(26)35)54(53)62(66)58(50)56(48)60(52)65(59,63)66/h3-4H,1-2H3. The molecule has 2 heteroatoms. The van der Waals surface area contributed by atoms with Gasteiger partial charge in [-0.3, -0.25) is 4.21 Å². The normalized spacial score (nSPS) is 28.8. The van der Waals surface area contributed by atoms with E-state index in [2.05, 4.69) is 26.0 Å². The van der Waals surface area contributed by atoms with E-state index in [1.165, 1.54) is 0 Å². The Morgan fingerprint density at radius 2 is 0.309 bits per heavy atom. The molecule has 28 aromatic rings. The van der Waals surface area contributed by atoms with Gasteiger partial charge in [0.15, 0.2) is 0 Å². The Hall–Kier alpha value is -7.65. The molecule has 0 N–H and O–H groups in total. The lowest BCUT2D eigenvalue weighted by Gasteiger charge is -2.58. The second-order valence-corrected chi connectivity index (χ2v) is 28.3. The van der Waals surface area contributed by atoms with Crippen LogP contribution in [-0.4, -0.2) is 13.7 Å². The molecule has 284 valence electrons. The van der Waals surface area contributed by atoms with Gasteiger partial charge < -0.3 is 0 Å². The van der Waals surface area contributed by atoms with Crippen molar-refractivity contribution >= 4 is 302 Å². The van der Waals surface area contributed by atoms with Crippen LogP contribution in [0.3, 0.4) is 0 Å². The summed E-state index contributed by atoms with van der Waals surface area (Å²) >= 11 is 0. The van der Waals surface area contributed by atoms with E-state index in [0.717, 1.165) is 0 Å². The lowest BCUT2D eigenvalue weighted by Crippen LogP contribution is -2.63. The van der Waals surface area contributed by atoms with Crippen LogP contribution in [0.25, 0.3) is 291 Å². The smallest absolute Gasteiger partial charge is 0.0770 e. The van der Waals surface area contributed by atoms with E-state index in [4.69, 9.17) is 0 Å². The van der Waals surface area contributed by atoms with Gasteiger partial charge in [0.25, 0.3) is 0 Å². The Labute approximate surface area is 372 Å². The van der Waals surface area contributed by atoms with E-state index in [9.17, 15) is 0 Å². The van der Waals surface area contributed by atoms with Crippen LogP contribution in [0.1, 0.15) is 36.1 Å². The van der Waals surface area contributed by atoms with Crippen molar-refractivity contribution in [2.24, 2.45) is 0 Å². The number of hydrogen-bond acceptors (Lipinski definition) is 1. The third-order valence-corrected chi connectivity index (χ3v) is 28.7. The van der Waals surface area contributed by atoms with E-state index in [-0.39, 0.29) is 0 Å². The molecule has 0 saturated carbocycles. The van der Waals surface area contributed by atoms with Gasteiger partial charge in [-0.15, -0.1) is 0 Å². The average Bonchev–Trinajstić information content (AvgIpc) is 4.32. The van der Waals surface area contributed by atoms with E-state index >= 15 is 4.21 Å². The number of benzene rings is 18. The first-order valence-corrected chi connectivity index (χ1v) is 26.6. The van der Waals surface area contributed by atoms with Crippen molar-refractivity contribution in [3.8, 4) is 0 Å². The van der Waals surface area contributed by atoms with Crippen molar-refractivity contribution < 1.29 is 4.21 Å². The number of rotatable bonds is 0. The topological polar surface area (TPSA) is 17.1 Å². The van der Waals surface area contributed by atoms with Crippen LogP contribution in [0.4, 0.5) is 0 Å². The summed E-state index contributed by atoms with van der Waals surface area (Å²) in [5.74, 6) is 0. The minimum absolute atomic E-state index is 0.500. The fourth-order valence-corrected chi connectivity index (χ4v) is 28.9. The second-order valence-electron chi connectivity index (χ2n) is 26.1. The van der Waals surface area contributed by atoms with Gasteiger partial charge in [0.05, 0.1) is 20.3 Å². The van der Waals surface area contributed by atoms with Gasteiger partial charge in [-0.25, -0.2) is 0 Å². The molecular formula is C66H8OS. The van der Waals surface area contributed by atoms with Crippen molar-refractivity contribution in [3.05, 3.63) is 34.4 Å². The largest absolute Gasteiger partial charge is 0.258 e. The Morgan fingerprint density at radius 1 is 0.206 bits per heavy atom. The molecule has 2 aliphatic heterocycles. The Balaban J connectivity index is 1.25. The molecule has 2 atom stereocenters. The summed E-state index contributed by atoms with van der Waals surface area (Å²) in [5.41, 5.74) is 5.54. The molecule has 4 aliphatic carbocycles. The SMILES string of the molecule is CC12C=CC(C)(S1=O)C13c4c5c6c7c8c9c(c%10c%11c1c1c4c4c%12c5c5c6c6c8c8c%13c9c9c%10c%10c%11c%11c1c1c4c4c%12c%12c5c5c6c8c6c8c%13c9c9c%10c%10c%11c1c1c4c4c%12c5c6c5c8c9c%10c1c45)C723. The highest BCUT2D eigenvalue weighted by atomic mass is 32.2. The minimum Gasteiger partial charge on any atom is -0.258 e. The molecule has 68 heavy (non-hydrogen) atoms. The molecule has 2 spiro atoms. The molecule has 2 heterocycles. The first-order valence-electron chi connectivity index (χ1n) is 25.5. The van der Waals surface area contributed by atoms with Gasteiger partial charge in [0.1, 0.15) is 0 Å². The monoisotopic (exact) mass is 848 g/mol. The van der Waals surface area contributed by atoms with E-state index in [1.54, 1.807) is 313 Å². The maximum Gasteiger partial charge on any atom is 0.0770 e. The Kier molecular flexibility index (Phi) is 1.94. The summed E-state index contributed by atoms with van der Waals surface area (Å²) in [4.78, 5) is 0. The van der Waals surface area contributed by atoms with Crippen LogP contribution < -0.4 is 0 Å². The summed E-state index contributed by atoms with van der Waals surface area (Å²) in [6.07, 6.45) is 5.14. The summed E-state index contributed by atoms with van der Waals surface area (Å²) in [6, 6.07) is 0. The van der Waals surface area contributed by atoms with Crippen molar-refractivity contribution in [2.45, 2.75) is 34.2 Å². The molecule has 0 amide bonds. The number of fused-ring (bicyclic) bond motifs is 2. The molecule has 6 aliphatic rings. The first kappa shape index (κ1) is 24.9. The molecule has 1 nitrogen and oxygen atoms in total. The minimum atomic E-state index is -1.19. The highest BCUT2D eigenvalue weighted by Gasteiger charge is 2.87. The lowest BCUT2D eigenvalue weighted by molar-refractivity contribution is 0.268. The van der Waals surface area contributed by atoms with E-state index < -0.39 is 31.1 Å². The van der Waals surface area contributed by atoms with Gasteiger partial charge in [-0.1, -0.05) is 12.2 Å². The lowest BCUT2D eigenvalue weighted by atomic mass is 9.40. The van der Waals surface area contributed by atoms with Crippen molar-refractivity contribution in [2.75, 3.05) is 0 Å². The fraction of sp³-hybridized carbons (Fsp3) is 0.0909. The average molecular weight is 849 g/mol. The van der Waals surface area contributed by atoms with Crippen LogP contribution in [0.15, 0.2) is 12.2 Å². The van der Waals surface area contributed by atoms with Crippen LogP contribution >= 0.6 is 0 Å². The molecule has 34 rings (SSSR count). The summed E-state index contributed by atoms with van der Waals surface area (Å²) in [6.45, 7) is 5.07. The third-order valence-electron chi connectivity index (χ3n) is 26.3. The molecule has 2 bridgehead atoms. The second kappa shape index (κ2) is 5.30. The quantitative estimate of drug-likeness (QED) is 0.110. The van der Waals surface area contributed by atoms with Crippen LogP contribution in [0.5, 0.6) is 0 Å². The van der Waals surface area contributed by atoms with Crippen LogP contribution in [0.2, 0.25) is 0 Å². The van der Waals surface area contributed by atoms with Gasteiger partial charge in [-0.2, -0.15) is 0 Å². The highest BCUT2D eigenvalue weighted by Crippen LogP contribution is 2.90. The summed E-state index contributed by atoms with van der Waals surface area (Å²) < 4.78 is 15.8. The zero-order valence-corrected chi connectivity index (χ0v) is 35.8. The van der Waals surface area contributed by atoms with Crippen LogP contribution in [0, 0.1) is 0 Å². The zero-order chi connectivity index (χ0) is 40.5. The highest BCUT2D eigenvalue weighted by molar-refractivity contribution is 7.89. The maximum absolute atomic E-state index is 16.9. The Bertz CT molecular complexity index is 6730. The van der Waals surface area contributed by atoms with E-state index in [0.29, 0.717) is 0 Å². The molecular weight excluding hydrogens is 841 g/mol. The predicted molar refractivity (Wildman–Crippen MR) is 288 cm³/mol. The molecule has 0 radical (unpaired) electrons. The zero-order valence-electron chi connectivity index (χ0n) is 35.0. The van der Waals surface area contributed by atoms with Crippen molar-refractivity contribution in [3.63, 3.8) is 0 Å². The van der Waals surface area contributed by atoms with Gasteiger partial charge >= 0.3 is 0 Å². The van der Waals surface area contributed by atoms with Gasteiger partial charge in [0.2, 0.25) is 0 Å². The fourth-order valence-electron chi connectivity index (χ4n) is 26.4. The summed E-state index contributed by atoms with van der Waals surface area (Å²) in [7, 11) is -1.19. The van der Waals surface area contributed by atoms with Gasteiger partial charge in [0, 0.05) is 10.8 Å². The molecule has 0 aromatic heterocycles. The number of hydrogen-bond donors (Lipinski definition) is 0. The Morgan fingerprint density at radius 3 is 0.426 bits per heavy atom. The van der Waals surface area contributed by atoms with Crippen molar-refractivity contribution in [1.82, 2.24) is 0 Å². The van der Waals surface area contributed by atoms with E-state index in [1.807, 2.05) is 0 Å². The molecule has 1 fully saturated rings. The summed E-state index contributed by atoms with van der Waals surface area (Å²) in [5, 5.41) is 87.6. The first-order chi connectivity index (χ1) is 33.6. The van der Waals surface area contributed by atoms with Gasteiger partial charge in [-0.05, 0) is 327 Å². The molecule has 2 unspecified atom stereocenters.